The van der Waals surface area contributed by atoms with Crippen LogP contribution in [0.5, 0.6) is 5.75 Å². The average Bonchev–Trinajstić information content (AvgIpc) is 2.41. The molecule has 5 nitrogen and oxygen atoms in total. The number of ether oxygens (including phenoxy) is 1. The highest BCUT2D eigenvalue weighted by atomic mass is 19.1. The van der Waals surface area contributed by atoms with Gasteiger partial charge in [-0.1, -0.05) is 13.8 Å². The second-order valence-electron chi connectivity index (χ2n) is 5.17. The van der Waals surface area contributed by atoms with E-state index in [-0.39, 0.29) is 23.0 Å². The van der Waals surface area contributed by atoms with Crippen molar-refractivity contribution in [2.45, 2.75) is 45.3 Å². The summed E-state index contributed by atoms with van der Waals surface area (Å²) in [5, 5.41) is 20.9. The van der Waals surface area contributed by atoms with Crippen LogP contribution in [-0.4, -0.2) is 22.2 Å². The van der Waals surface area contributed by atoms with Gasteiger partial charge in [0.15, 0.2) is 5.75 Å². The molecule has 110 valence electrons. The molecule has 0 bridgehead atoms. The molecule has 0 saturated heterocycles. The molecule has 1 N–H and O–H groups in total. The Morgan fingerprint density at radius 3 is 2.65 bits per heavy atom. The molecule has 1 aliphatic carbocycles. The van der Waals surface area contributed by atoms with Crippen molar-refractivity contribution in [2.75, 3.05) is 0 Å². The van der Waals surface area contributed by atoms with Crippen LogP contribution in [-0.2, 0) is 0 Å². The van der Waals surface area contributed by atoms with Crippen LogP contribution in [0.15, 0.2) is 18.2 Å². The number of hydrogen-bond acceptors (Lipinski definition) is 4. The summed E-state index contributed by atoms with van der Waals surface area (Å²) in [5.41, 5.74) is -0.755. The van der Waals surface area contributed by atoms with Crippen molar-refractivity contribution in [1.29, 1.82) is 0 Å². The smallest absolute Gasteiger partial charge is 0.313 e. The molecule has 0 amide bonds. The van der Waals surface area contributed by atoms with Gasteiger partial charge < -0.3 is 9.84 Å². The predicted molar refractivity (Wildman–Crippen MR) is 71.1 cm³/mol. The van der Waals surface area contributed by atoms with Crippen LogP contribution >= 0.6 is 0 Å². The van der Waals surface area contributed by atoms with Crippen molar-refractivity contribution in [1.82, 2.24) is 0 Å². The van der Waals surface area contributed by atoms with E-state index in [0.29, 0.717) is 6.42 Å². The SMILES string of the molecule is CCC1(CC)C(O)CC1Oc1ccc(F)cc1[N+](=O)[O-]. The van der Waals surface area contributed by atoms with Gasteiger partial charge in [0.05, 0.1) is 17.1 Å². The van der Waals surface area contributed by atoms with Gasteiger partial charge in [0.2, 0.25) is 0 Å². The molecule has 2 unspecified atom stereocenters. The highest BCUT2D eigenvalue weighted by molar-refractivity contribution is 5.46. The lowest BCUT2D eigenvalue weighted by Crippen LogP contribution is -2.59. The number of halogens is 1. The summed E-state index contributed by atoms with van der Waals surface area (Å²) in [5.74, 6) is -0.616. The van der Waals surface area contributed by atoms with Gasteiger partial charge in [0.25, 0.3) is 0 Å². The lowest BCUT2D eigenvalue weighted by Gasteiger charge is -2.52. The van der Waals surface area contributed by atoms with Gasteiger partial charge in [-0.2, -0.15) is 0 Å². The predicted octanol–water partition coefficient (Wildman–Crippen LogP) is 3.05. The van der Waals surface area contributed by atoms with Crippen LogP contribution in [0.1, 0.15) is 33.1 Å². The number of nitro groups is 1. The molecule has 0 heterocycles. The number of aliphatic hydroxyl groups is 1. The van der Waals surface area contributed by atoms with E-state index in [9.17, 15) is 19.6 Å². The maximum atomic E-state index is 13.1. The Kier molecular flexibility index (Phi) is 3.94. The lowest BCUT2D eigenvalue weighted by molar-refractivity contribution is -0.386. The zero-order valence-electron chi connectivity index (χ0n) is 11.5. The quantitative estimate of drug-likeness (QED) is 0.666. The summed E-state index contributed by atoms with van der Waals surface area (Å²) in [6.07, 6.45) is 1.16. The van der Waals surface area contributed by atoms with E-state index in [1.807, 2.05) is 13.8 Å². The molecule has 0 spiro atoms. The zero-order chi connectivity index (χ0) is 14.9. The fraction of sp³-hybridized carbons (Fsp3) is 0.571. The number of hydrogen-bond donors (Lipinski definition) is 1. The van der Waals surface area contributed by atoms with Crippen LogP contribution in [0, 0.1) is 21.3 Å². The third kappa shape index (κ3) is 2.24. The lowest BCUT2D eigenvalue weighted by atomic mass is 9.60. The summed E-state index contributed by atoms with van der Waals surface area (Å²) in [4.78, 5) is 10.3. The number of nitrogens with zero attached hydrogens (tertiary/aromatic N) is 1. The van der Waals surface area contributed by atoms with E-state index in [0.717, 1.165) is 25.0 Å². The van der Waals surface area contributed by atoms with E-state index in [1.165, 1.54) is 6.07 Å². The average molecular weight is 283 g/mol. The second-order valence-corrected chi connectivity index (χ2v) is 5.17. The Morgan fingerprint density at radius 2 is 2.15 bits per heavy atom. The van der Waals surface area contributed by atoms with Crippen LogP contribution < -0.4 is 4.74 Å². The fourth-order valence-electron chi connectivity index (χ4n) is 2.95. The molecule has 0 radical (unpaired) electrons. The molecule has 1 aliphatic rings. The highest BCUT2D eigenvalue weighted by Crippen LogP contribution is 2.49. The van der Waals surface area contributed by atoms with Gasteiger partial charge in [-0.3, -0.25) is 10.1 Å². The van der Waals surface area contributed by atoms with Gasteiger partial charge in [0.1, 0.15) is 11.9 Å². The standard InChI is InChI=1S/C14H18FNO4/c1-3-14(4-2)12(17)8-13(14)20-11-6-5-9(15)7-10(11)16(18)19/h5-7,12-13,17H,3-4,8H2,1-2H3. The maximum absolute atomic E-state index is 13.1. The molecule has 0 aliphatic heterocycles. The van der Waals surface area contributed by atoms with Crippen LogP contribution in [0.4, 0.5) is 10.1 Å². The molecule has 2 rings (SSSR count). The molecule has 1 saturated carbocycles. The van der Waals surface area contributed by atoms with Crippen molar-refractivity contribution >= 4 is 5.69 Å². The van der Waals surface area contributed by atoms with E-state index in [4.69, 9.17) is 4.74 Å². The van der Waals surface area contributed by atoms with Crippen LogP contribution in [0.2, 0.25) is 0 Å². The topological polar surface area (TPSA) is 72.6 Å². The third-order valence-corrected chi connectivity index (χ3v) is 4.45. The Hall–Kier alpha value is -1.69. The Balaban J connectivity index is 2.25. The summed E-state index contributed by atoms with van der Waals surface area (Å²) in [6, 6.07) is 3.26. The first-order chi connectivity index (χ1) is 9.44. The number of aliphatic hydroxyl groups excluding tert-OH is 1. The Bertz CT molecular complexity index is 516. The normalized spacial score (nSPS) is 24.0. The first kappa shape index (κ1) is 14.7. The van der Waals surface area contributed by atoms with E-state index in [2.05, 4.69) is 0 Å². The molecule has 1 aromatic carbocycles. The van der Waals surface area contributed by atoms with Crippen molar-refractivity contribution in [2.24, 2.45) is 5.41 Å². The summed E-state index contributed by atoms with van der Waals surface area (Å²) in [7, 11) is 0. The van der Waals surface area contributed by atoms with Gasteiger partial charge in [-0.25, -0.2) is 4.39 Å². The van der Waals surface area contributed by atoms with Gasteiger partial charge >= 0.3 is 5.69 Å². The first-order valence-corrected chi connectivity index (χ1v) is 6.73. The molecular formula is C14H18FNO4. The van der Waals surface area contributed by atoms with Crippen molar-refractivity contribution < 1.29 is 19.2 Å². The van der Waals surface area contributed by atoms with E-state index < -0.39 is 16.8 Å². The van der Waals surface area contributed by atoms with Crippen molar-refractivity contribution in [3.8, 4) is 5.75 Å². The molecule has 2 atom stereocenters. The molecule has 0 aromatic heterocycles. The second kappa shape index (κ2) is 5.36. The maximum Gasteiger partial charge on any atom is 0.313 e. The van der Waals surface area contributed by atoms with E-state index >= 15 is 0 Å². The first-order valence-electron chi connectivity index (χ1n) is 6.73. The molecule has 1 fully saturated rings. The fourth-order valence-corrected chi connectivity index (χ4v) is 2.95. The Labute approximate surface area is 116 Å². The van der Waals surface area contributed by atoms with Crippen molar-refractivity contribution in [3.63, 3.8) is 0 Å². The zero-order valence-corrected chi connectivity index (χ0v) is 11.5. The molecular weight excluding hydrogens is 265 g/mol. The molecule has 6 heteroatoms. The summed E-state index contributed by atoms with van der Waals surface area (Å²) in [6.45, 7) is 3.92. The summed E-state index contributed by atoms with van der Waals surface area (Å²) >= 11 is 0. The van der Waals surface area contributed by atoms with Crippen molar-refractivity contribution in [3.05, 3.63) is 34.1 Å². The minimum absolute atomic E-state index is 0.0552. The van der Waals surface area contributed by atoms with Gasteiger partial charge in [0, 0.05) is 11.8 Å². The largest absolute Gasteiger partial charge is 0.483 e. The minimum atomic E-state index is -0.671. The van der Waals surface area contributed by atoms with E-state index in [1.54, 1.807) is 0 Å². The molecule has 20 heavy (non-hydrogen) atoms. The van der Waals surface area contributed by atoms with Gasteiger partial charge in [-0.05, 0) is 25.0 Å². The third-order valence-electron chi connectivity index (χ3n) is 4.45. The number of benzene rings is 1. The summed E-state index contributed by atoms with van der Waals surface area (Å²) < 4.78 is 18.8. The van der Waals surface area contributed by atoms with Crippen LogP contribution in [0.25, 0.3) is 0 Å². The van der Waals surface area contributed by atoms with Crippen LogP contribution in [0.3, 0.4) is 0 Å². The van der Waals surface area contributed by atoms with Gasteiger partial charge in [-0.15, -0.1) is 0 Å². The minimum Gasteiger partial charge on any atom is -0.483 e. The number of nitro benzene ring substituents is 1. The number of rotatable bonds is 5. The molecule has 1 aromatic rings. The monoisotopic (exact) mass is 283 g/mol. The Morgan fingerprint density at radius 1 is 1.50 bits per heavy atom. The highest BCUT2D eigenvalue weighted by Gasteiger charge is 2.54.